The summed E-state index contributed by atoms with van der Waals surface area (Å²) in [6.45, 7) is 6.01. The zero-order valence-electron chi connectivity index (χ0n) is 15.7. The van der Waals surface area contributed by atoms with E-state index in [0.717, 1.165) is 25.9 Å². The van der Waals surface area contributed by atoms with Crippen molar-refractivity contribution in [3.05, 3.63) is 71.8 Å². The molecule has 1 aliphatic carbocycles. The van der Waals surface area contributed by atoms with Gasteiger partial charge in [0.1, 0.15) is 5.78 Å². The Kier molecular flexibility index (Phi) is 6.31. The van der Waals surface area contributed by atoms with Crippen molar-refractivity contribution in [3.63, 3.8) is 0 Å². The van der Waals surface area contributed by atoms with Gasteiger partial charge < -0.3 is 0 Å². The summed E-state index contributed by atoms with van der Waals surface area (Å²) in [4.78, 5) is 15.1. The van der Waals surface area contributed by atoms with E-state index in [1.165, 1.54) is 11.1 Å². The number of hydrogen-bond acceptors (Lipinski definition) is 2. The van der Waals surface area contributed by atoms with Gasteiger partial charge in [0.25, 0.3) is 0 Å². The Morgan fingerprint density at radius 2 is 1.54 bits per heavy atom. The van der Waals surface area contributed by atoms with Gasteiger partial charge in [0.2, 0.25) is 0 Å². The predicted octanol–water partition coefficient (Wildman–Crippen LogP) is 5.60. The fourth-order valence-corrected chi connectivity index (χ4v) is 4.97. The molecular weight excluding hydrogens is 386 g/mol. The van der Waals surface area contributed by atoms with Crippen LogP contribution in [0.4, 0.5) is 0 Å². The fourth-order valence-electron chi connectivity index (χ4n) is 4.13. The van der Waals surface area contributed by atoms with Crippen LogP contribution >= 0.6 is 15.9 Å². The molecule has 0 bridgehead atoms. The highest BCUT2D eigenvalue weighted by molar-refractivity contribution is 9.10. The van der Waals surface area contributed by atoms with Crippen molar-refractivity contribution >= 4 is 21.7 Å². The monoisotopic (exact) mass is 413 g/mol. The molecule has 0 heterocycles. The van der Waals surface area contributed by atoms with Gasteiger partial charge in [0.15, 0.2) is 0 Å². The zero-order chi connectivity index (χ0) is 18.6. The van der Waals surface area contributed by atoms with Crippen LogP contribution in [0.3, 0.4) is 0 Å². The van der Waals surface area contributed by atoms with Crippen LogP contribution in [-0.4, -0.2) is 21.0 Å². The lowest BCUT2D eigenvalue weighted by Gasteiger charge is -2.30. The van der Waals surface area contributed by atoms with E-state index in [2.05, 4.69) is 88.4 Å². The van der Waals surface area contributed by atoms with Crippen molar-refractivity contribution in [2.45, 2.75) is 56.6 Å². The van der Waals surface area contributed by atoms with E-state index < -0.39 is 0 Å². The SMILES string of the molecule is CCC(=O)C1(Br)CC(N(Cc2ccccc2)Cc2ccccc2)CC1C. The molecule has 2 nitrogen and oxygen atoms in total. The minimum absolute atomic E-state index is 0.340. The molecule has 1 aliphatic rings. The largest absolute Gasteiger partial charge is 0.298 e. The molecule has 0 saturated heterocycles. The van der Waals surface area contributed by atoms with Crippen LogP contribution in [0.1, 0.15) is 44.2 Å². The molecule has 0 aliphatic heterocycles. The van der Waals surface area contributed by atoms with Gasteiger partial charge in [0.05, 0.1) is 4.32 Å². The number of carbonyl (C=O) groups excluding carboxylic acids is 1. The van der Waals surface area contributed by atoms with Crippen LogP contribution in [-0.2, 0) is 17.9 Å². The summed E-state index contributed by atoms with van der Waals surface area (Å²) >= 11 is 3.84. The normalized spacial score (nSPS) is 25.5. The number of alkyl halides is 1. The molecular formula is C23H28BrNO. The first-order valence-electron chi connectivity index (χ1n) is 9.57. The average molecular weight is 414 g/mol. The van der Waals surface area contributed by atoms with Gasteiger partial charge in [-0.3, -0.25) is 9.69 Å². The van der Waals surface area contributed by atoms with Gasteiger partial charge in [-0.25, -0.2) is 0 Å². The third-order valence-corrected chi connectivity index (χ3v) is 7.25. The lowest BCUT2D eigenvalue weighted by atomic mass is 9.92. The maximum atomic E-state index is 12.6. The van der Waals surface area contributed by atoms with Gasteiger partial charge in [0, 0.05) is 25.6 Å². The Hall–Kier alpha value is -1.45. The van der Waals surface area contributed by atoms with E-state index in [0.29, 0.717) is 24.2 Å². The topological polar surface area (TPSA) is 20.3 Å². The first kappa shape index (κ1) is 19.3. The van der Waals surface area contributed by atoms with Gasteiger partial charge in [-0.2, -0.15) is 0 Å². The smallest absolute Gasteiger partial charge is 0.149 e. The number of benzene rings is 2. The molecule has 2 aromatic rings. The van der Waals surface area contributed by atoms with Crippen molar-refractivity contribution in [1.29, 1.82) is 0 Å². The summed E-state index contributed by atoms with van der Waals surface area (Å²) < 4.78 is -0.363. The third-order valence-electron chi connectivity index (χ3n) is 5.70. The standard InChI is InChI=1S/C23H28BrNO/c1-3-22(26)23(24)15-21(14-18(23)2)25(16-19-10-6-4-7-11-19)17-20-12-8-5-9-13-20/h4-13,18,21H,3,14-17H2,1-2H3. The Balaban J connectivity index is 1.82. The predicted molar refractivity (Wildman–Crippen MR) is 111 cm³/mol. The van der Waals surface area contributed by atoms with Crippen LogP contribution in [0.5, 0.6) is 0 Å². The Labute approximate surface area is 165 Å². The molecule has 3 unspecified atom stereocenters. The molecule has 1 fully saturated rings. The summed E-state index contributed by atoms with van der Waals surface area (Å²) in [6, 6.07) is 21.7. The van der Waals surface area contributed by atoms with Crippen LogP contribution < -0.4 is 0 Å². The van der Waals surface area contributed by atoms with Crippen LogP contribution in [0.25, 0.3) is 0 Å². The molecule has 0 N–H and O–H groups in total. The summed E-state index contributed by atoms with van der Waals surface area (Å²) in [5.74, 6) is 0.695. The molecule has 2 aromatic carbocycles. The van der Waals surface area contributed by atoms with Gasteiger partial charge >= 0.3 is 0 Å². The summed E-state index contributed by atoms with van der Waals surface area (Å²) in [5.41, 5.74) is 2.65. The Morgan fingerprint density at radius 1 is 1.04 bits per heavy atom. The van der Waals surface area contributed by atoms with E-state index in [9.17, 15) is 4.79 Å². The Bertz CT molecular complexity index is 676. The minimum Gasteiger partial charge on any atom is -0.298 e. The maximum absolute atomic E-state index is 12.6. The molecule has 26 heavy (non-hydrogen) atoms. The van der Waals surface area contributed by atoms with Crippen LogP contribution in [0.2, 0.25) is 0 Å². The third kappa shape index (κ3) is 4.27. The van der Waals surface area contributed by atoms with E-state index in [1.54, 1.807) is 0 Å². The molecule has 3 atom stereocenters. The van der Waals surface area contributed by atoms with Gasteiger partial charge in [-0.1, -0.05) is 90.4 Å². The number of rotatable bonds is 7. The maximum Gasteiger partial charge on any atom is 0.149 e. The molecule has 0 amide bonds. The van der Waals surface area contributed by atoms with Gasteiger partial charge in [-0.05, 0) is 29.9 Å². The van der Waals surface area contributed by atoms with Crippen molar-refractivity contribution in [3.8, 4) is 0 Å². The number of halogens is 1. The summed E-state index contributed by atoms with van der Waals surface area (Å²) in [5, 5.41) is 0. The molecule has 0 aromatic heterocycles. The quantitative estimate of drug-likeness (QED) is 0.550. The molecule has 0 radical (unpaired) electrons. The number of carbonyl (C=O) groups is 1. The second kappa shape index (κ2) is 8.49. The molecule has 3 heteroatoms. The Morgan fingerprint density at radius 3 is 2.00 bits per heavy atom. The average Bonchev–Trinajstić information content (AvgIpc) is 2.98. The minimum atomic E-state index is -0.363. The van der Waals surface area contributed by atoms with E-state index in [1.807, 2.05) is 6.92 Å². The van der Waals surface area contributed by atoms with Crippen molar-refractivity contribution in [2.75, 3.05) is 0 Å². The second-order valence-electron chi connectivity index (χ2n) is 7.51. The molecule has 0 spiro atoms. The first-order valence-corrected chi connectivity index (χ1v) is 10.4. The van der Waals surface area contributed by atoms with E-state index in [4.69, 9.17) is 0 Å². The van der Waals surface area contributed by atoms with Crippen molar-refractivity contribution in [2.24, 2.45) is 5.92 Å². The van der Waals surface area contributed by atoms with Crippen LogP contribution in [0, 0.1) is 5.92 Å². The molecule has 1 saturated carbocycles. The van der Waals surface area contributed by atoms with Crippen LogP contribution in [0.15, 0.2) is 60.7 Å². The first-order chi connectivity index (χ1) is 12.5. The number of Topliss-reactive ketones (excluding diaryl/α,β-unsaturated/α-hetero) is 1. The fraction of sp³-hybridized carbons (Fsp3) is 0.435. The van der Waals surface area contributed by atoms with E-state index in [-0.39, 0.29) is 4.32 Å². The number of ketones is 1. The summed E-state index contributed by atoms with van der Waals surface area (Å²) in [6.07, 6.45) is 2.54. The van der Waals surface area contributed by atoms with Gasteiger partial charge in [-0.15, -0.1) is 0 Å². The highest BCUT2D eigenvalue weighted by atomic mass is 79.9. The highest BCUT2D eigenvalue weighted by Gasteiger charge is 2.48. The lowest BCUT2D eigenvalue weighted by Crippen LogP contribution is -2.37. The lowest BCUT2D eigenvalue weighted by molar-refractivity contribution is -0.121. The second-order valence-corrected chi connectivity index (χ2v) is 8.93. The zero-order valence-corrected chi connectivity index (χ0v) is 17.3. The molecule has 138 valence electrons. The number of hydrogen-bond donors (Lipinski definition) is 0. The van der Waals surface area contributed by atoms with Crippen molar-refractivity contribution in [1.82, 2.24) is 4.90 Å². The highest BCUT2D eigenvalue weighted by Crippen LogP contribution is 2.46. The number of nitrogens with zero attached hydrogens (tertiary/aromatic N) is 1. The van der Waals surface area contributed by atoms with E-state index >= 15 is 0 Å². The summed E-state index contributed by atoms with van der Waals surface area (Å²) in [7, 11) is 0. The van der Waals surface area contributed by atoms with Crippen molar-refractivity contribution < 1.29 is 4.79 Å². The molecule has 3 rings (SSSR count).